The Bertz CT molecular complexity index is 696. The highest BCUT2D eigenvalue weighted by Crippen LogP contribution is 2.23. The van der Waals surface area contributed by atoms with Crippen molar-refractivity contribution in [2.45, 2.75) is 25.7 Å². The maximum absolute atomic E-state index is 4.07. The molecule has 116 valence electrons. The summed E-state index contributed by atoms with van der Waals surface area (Å²) < 4.78 is 0. The van der Waals surface area contributed by atoms with E-state index in [-0.39, 0.29) is 0 Å². The molecule has 2 nitrogen and oxygen atoms in total. The highest BCUT2D eigenvalue weighted by Gasteiger charge is 2.08. The average molecular weight is 302 g/mol. The van der Waals surface area contributed by atoms with Crippen LogP contribution in [-0.4, -0.2) is 23.0 Å². The Kier molecular flexibility index (Phi) is 5.48. The van der Waals surface area contributed by atoms with Crippen LogP contribution in [0.5, 0.6) is 0 Å². The monoisotopic (exact) mass is 302 g/mol. The van der Waals surface area contributed by atoms with Crippen LogP contribution in [0.2, 0.25) is 0 Å². The van der Waals surface area contributed by atoms with Crippen molar-refractivity contribution in [3.8, 4) is 11.8 Å². The van der Waals surface area contributed by atoms with Gasteiger partial charge in [-0.3, -0.25) is 4.98 Å². The van der Waals surface area contributed by atoms with E-state index in [9.17, 15) is 0 Å². The van der Waals surface area contributed by atoms with Gasteiger partial charge in [0.1, 0.15) is 0 Å². The number of rotatable bonds is 4. The van der Waals surface area contributed by atoms with Crippen molar-refractivity contribution in [1.82, 2.24) is 9.88 Å². The smallest absolute Gasteiger partial charge is 0.0428 e. The quantitative estimate of drug-likeness (QED) is 0.470. The summed E-state index contributed by atoms with van der Waals surface area (Å²) >= 11 is 0. The molecule has 0 atom stereocenters. The van der Waals surface area contributed by atoms with Crippen LogP contribution in [0, 0.1) is 11.8 Å². The first-order valence-electron chi connectivity index (χ1n) is 8.27. The molecule has 1 aromatic heterocycles. The van der Waals surface area contributed by atoms with Crippen LogP contribution in [0.25, 0.3) is 0 Å². The Labute approximate surface area is 138 Å². The Balaban J connectivity index is 1.40. The second kappa shape index (κ2) is 8.19. The van der Waals surface area contributed by atoms with Crippen molar-refractivity contribution in [2.75, 3.05) is 13.1 Å². The third-order valence-electron chi connectivity index (χ3n) is 4.03. The van der Waals surface area contributed by atoms with Crippen LogP contribution in [-0.2, 0) is 0 Å². The average Bonchev–Trinajstić information content (AvgIpc) is 2.64. The number of allylic oxidation sites excluding steroid dienone is 6. The Morgan fingerprint density at radius 2 is 2.22 bits per heavy atom. The van der Waals surface area contributed by atoms with E-state index >= 15 is 0 Å². The van der Waals surface area contributed by atoms with E-state index in [0.717, 1.165) is 44.3 Å². The molecule has 2 heteroatoms. The lowest BCUT2D eigenvalue weighted by atomic mass is 9.96. The molecule has 1 aromatic rings. The first-order valence-corrected chi connectivity index (χ1v) is 8.27. The molecule has 0 bridgehead atoms. The molecular weight excluding hydrogens is 280 g/mol. The van der Waals surface area contributed by atoms with Gasteiger partial charge in [-0.1, -0.05) is 36.1 Å². The summed E-state index contributed by atoms with van der Waals surface area (Å²) in [6.07, 6.45) is 21.4. The Morgan fingerprint density at radius 1 is 1.22 bits per heavy atom. The normalized spacial score (nSPS) is 16.4. The van der Waals surface area contributed by atoms with Crippen molar-refractivity contribution < 1.29 is 0 Å². The van der Waals surface area contributed by atoms with Gasteiger partial charge in [-0.05, 0) is 54.8 Å². The van der Waals surface area contributed by atoms with Crippen LogP contribution in [0.1, 0.15) is 31.2 Å². The molecule has 0 amide bonds. The summed E-state index contributed by atoms with van der Waals surface area (Å²) in [6, 6.07) is 3.92. The zero-order valence-corrected chi connectivity index (χ0v) is 13.4. The lowest BCUT2D eigenvalue weighted by Crippen LogP contribution is -2.21. The summed E-state index contributed by atoms with van der Waals surface area (Å²) in [5.41, 5.74) is 3.85. The van der Waals surface area contributed by atoms with E-state index in [2.05, 4.69) is 58.3 Å². The molecule has 0 saturated carbocycles. The van der Waals surface area contributed by atoms with Crippen molar-refractivity contribution in [3.63, 3.8) is 0 Å². The molecule has 23 heavy (non-hydrogen) atoms. The number of hydrogen-bond donors (Lipinski definition) is 0. The lowest BCUT2D eigenvalue weighted by Gasteiger charge is -2.23. The molecule has 1 aliphatic heterocycles. The zero-order valence-electron chi connectivity index (χ0n) is 13.4. The SMILES string of the molecule is C(#Cc1cccnc1)CCCN1C=CC(C2=CCC=CC2)=CC1. The van der Waals surface area contributed by atoms with Gasteiger partial charge in [0.25, 0.3) is 0 Å². The molecule has 0 fully saturated rings. The van der Waals surface area contributed by atoms with Gasteiger partial charge in [-0.25, -0.2) is 0 Å². The molecule has 0 unspecified atom stereocenters. The number of hydrogen-bond acceptors (Lipinski definition) is 2. The second-order valence-corrected chi connectivity index (χ2v) is 5.76. The number of unbranched alkanes of at least 4 members (excludes halogenated alkanes) is 1. The molecule has 0 aromatic carbocycles. The third kappa shape index (κ3) is 4.72. The highest BCUT2D eigenvalue weighted by atomic mass is 15.1. The third-order valence-corrected chi connectivity index (χ3v) is 4.03. The molecule has 2 aliphatic rings. The van der Waals surface area contributed by atoms with Gasteiger partial charge in [0.05, 0.1) is 0 Å². The van der Waals surface area contributed by atoms with Gasteiger partial charge in [0.15, 0.2) is 0 Å². The van der Waals surface area contributed by atoms with E-state index in [1.165, 1.54) is 11.1 Å². The van der Waals surface area contributed by atoms with E-state index < -0.39 is 0 Å². The summed E-state index contributed by atoms with van der Waals surface area (Å²) in [4.78, 5) is 6.42. The minimum Gasteiger partial charge on any atom is -0.374 e. The second-order valence-electron chi connectivity index (χ2n) is 5.76. The van der Waals surface area contributed by atoms with Crippen LogP contribution >= 0.6 is 0 Å². The fourth-order valence-corrected chi connectivity index (χ4v) is 2.74. The Hall–Kier alpha value is -2.53. The maximum atomic E-state index is 4.07. The van der Waals surface area contributed by atoms with E-state index in [0.29, 0.717) is 0 Å². The molecule has 2 heterocycles. The van der Waals surface area contributed by atoms with Gasteiger partial charge in [0, 0.05) is 37.5 Å². The molecule has 0 N–H and O–H groups in total. The van der Waals surface area contributed by atoms with E-state index in [4.69, 9.17) is 0 Å². The van der Waals surface area contributed by atoms with Gasteiger partial charge < -0.3 is 4.90 Å². The van der Waals surface area contributed by atoms with Gasteiger partial charge in [-0.15, -0.1) is 0 Å². The van der Waals surface area contributed by atoms with Gasteiger partial charge in [-0.2, -0.15) is 0 Å². The van der Waals surface area contributed by atoms with Crippen molar-refractivity contribution in [2.24, 2.45) is 0 Å². The lowest BCUT2D eigenvalue weighted by molar-refractivity contribution is 0.404. The van der Waals surface area contributed by atoms with E-state index in [1.54, 1.807) is 6.20 Å². The van der Waals surface area contributed by atoms with Crippen LogP contribution < -0.4 is 0 Å². The van der Waals surface area contributed by atoms with Crippen molar-refractivity contribution in [3.05, 3.63) is 77.8 Å². The minimum atomic E-state index is 0.922. The largest absolute Gasteiger partial charge is 0.374 e. The number of nitrogens with zero attached hydrogens (tertiary/aromatic N) is 2. The zero-order chi connectivity index (χ0) is 15.7. The van der Waals surface area contributed by atoms with Crippen LogP contribution in [0.15, 0.2) is 72.3 Å². The molecule has 1 aliphatic carbocycles. The molecule has 0 saturated heterocycles. The predicted octanol–water partition coefficient (Wildman–Crippen LogP) is 4.25. The molecule has 0 radical (unpaired) electrons. The molecule has 0 spiro atoms. The van der Waals surface area contributed by atoms with Crippen molar-refractivity contribution in [1.29, 1.82) is 0 Å². The fourth-order valence-electron chi connectivity index (χ4n) is 2.74. The number of aromatic nitrogens is 1. The van der Waals surface area contributed by atoms with Crippen LogP contribution in [0.4, 0.5) is 0 Å². The summed E-state index contributed by atoms with van der Waals surface area (Å²) in [5.74, 6) is 6.39. The highest BCUT2D eigenvalue weighted by molar-refractivity contribution is 5.43. The molecular formula is C21H22N2. The predicted molar refractivity (Wildman–Crippen MR) is 95.6 cm³/mol. The fraction of sp³-hybridized carbons (Fsp3) is 0.286. The summed E-state index contributed by atoms with van der Waals surface area (Å²) in [7, 11) is 0. The maximum Gasteiger partial charge on any atom is 0.0428 e. The van der Waals surface area contributed by atoms with Crippen LogP contribution in [0.3, 0.4) is 0 Å². The minimum absolute atomic E-state index is 0.922. The standard InChI is InChI=1S/C21H22N2/c1-4-10-20(11-5-1)21-12-16-23(17-13-21)15-6-2-3-8-19-9-7-14-22-18-19/h1,4,7,9,11-14,16,18H,2,5-6,10,15,17H2. The topological polar surface area (TPSA) is 16.1 Å². The van der Waals surface area contributed by atoms with Gasteiger partial charge >= 0.3 is 0 Å². The Morgan fingerprint density at radius 3 is 2.96 bits per heavy atom. The summed E-state index contributed by atoms with van der Waals surface area (Å²) in [6.45, 7) is 2.06. The van der Waals surface area contributed by atoms with Crippen molar-refractivity contribution >= 4 is 0 Å². The van der Waals surface area contributed by atoms with Gasteiger partial charge in [0.2, 0.25) is 0 Å². The molecule has 3 rings (SSSR count). The number of pyridine rings is 1. The first-order chi connectivity index (χ1) is 11.4. The van der Waals surface area contributed by atoms with E-state index in [1.807, 2.05) is 18.3 Å². The summed E-state index contributed by atoms with van der Waals surface area (Å²) in [5, 5.41) is 0. The first kappa shape index (κ1) is 15.4.